The van der Waals surface area contributed by atoms with E-state index in [2.05, 4.69) is 10.6 Å². The van der Waals surface area contributed by atoms with Crippen molar-refractivity contribution < 1.29 is 28.7 Å². The molecule has 0 aliphatic heterocycles. The van der Waals surface area contributed by atoms with Gasteiger partial charge in [0, 0.05) is 19.4 Å². The highest BCUT2D eigenvalue weighted by Gasteiger charge is 2.38. The Morgan fingerprint density at radius 2 is 1.23 bits per heavy atom. The fourth-order valence-electron chi connectivity index (χ4n) is 5.15. The van der Waals surface area contributed by atoms with Crippen LogP contribution in [0.25, 0.3) is 0 Å². The summed E-state index contributed by atoms with van der Waals surface area (Å²) in [6.07, 6.45) is -0.377. The van der Waals surface area contributed by atoms with Crippen molar-refractivity contribution in [1.29, 1.82) is 0 Å². The number of amides is 3. The second-order valence-electron chi connectivity index (χ2n) is 13.6. The van der Waals surface area contributed by atoms with Gasteiger partial charge in [0.1, 0.15) is 29.3 Å². The molecule has 47 heavy (non-hydrogen) atoms. The molecule has 9 nitrogen and oxygen atoms in total. The lowest BCUT2D eigenvalue weighted by Gasteiger charge is -2.35. The molecule has 9 heteroatoms. The Labute approximate surface area is 279 Å². The van der Waals surface area contributed by atoms with Crippen molar-refractivity contribution in [2.45, 2.75) is 97.6 Å². The van der Waals surface area contributed by atoms with Gasteiger partial charge in [0.05, 0.1) is 0 Å². The minimum Gasteiger partial charge on any atom is -0.458 e. The molecule has 0 heterocycles. The largest absolute Gasteiger partial charge is 0.458 e. The van der Waals surface area contributed by atoms with E-state index in [1.807, 2.05) is 85.8 Å². The first kappa shape index (κ1) is 36.8. The minimum absolute atomic E-state index is 0.141. The maximum Gasteiger partial charge on any atom is 0.408 e. The molecule has 0 radical (unpaired) electrons. The smallest absolute Gasteiger partial charge is 0.408 e. The molecule has 0 aliphatic carbocycles. The summed E-state index contributed by atoms with van der Waals surface area (Å²) in [5.74, 6) is -1.60. The number of hydrogen-bond acceptors (Lipinski definition) is 6. The molecule has 3 aromatic carbocycles. The van der Waals surface area contributed by atoms with E-state index in [-0.39, 0.29) is 19.4 Å². The molecule has 252 valence electrons. The summed E-state index contributed by atoms with van der Waals surface area (Å²) >= 11 is 0. The van der Waals surface area contributed by atoms with Crippen molar-refractivity contribution in [3.63, 3.8) is 0 Å². The maximum atomic E-state index is 14.5. The van der Waals surface area contributed by atoms with Crippen molar-refractivity contribution in [3.8, 4) is 0 Å². The number of carbonyl (C=O) groups is 4. The van der Waals surface area contributed by atoms with Crippen LogP contribution in [0.15, 0.2) is 84.9 Å². The van der Waals surface area contributed by atoms with Crippen molar-refractivity contribution in [2.24, 2.45) is 0 Å². The summed E-state index contributed by atoms with van der Waals surface area (Å²) in [5, 5.41) is 5.67. The first-order valence-electron chi connectivity index (χ1n) is 16.0. The van der Waals surface area contributed by atoms with E-state index in [1.165, 1.54) is 4.90 Å². The zero-order chi connectivity index (χ0) is 34.8. The Balaban J connectivity index is 2.03. The van der Waals surface area contributed by atoms with Gasteiger partial charge in [-0.05, 0) is 72.1 Å². The molecule has 0 aliphatic rings. The molecule has 3 unspecified atom stereocenters. The number of rotatable bonds is 12. The predicted octanol–water partition coefficient (Wildman–Crippen LogP) is 6.09. The average molecular weight is 644 g/mol. The number of esters is 1. The Morgan fingerprint density at radius 1 is 0.702 bits per heavy atom. The van der Waals surface area contributed by atoms with Crippen LogP contribution in [0.3, 0.4) is 0 Å². The molecule has 0 saturated carbocycles. The van der Waals surface area contributed by atoms with Crippen LogP contribution in [0.5, 0.6) is 0 Å². The van der Waals surface area contributed by atoms with Crippen LogP contribution < -0.4 is 10.6 Å². The molecule has 0 aromatic heterocycles. The predicted molar refractivity (Wildman–Crippen MR) is 183 cm³/mol. The van der Waals surface area contributed by atoms with Crippen molar-refractivity contribution >= 4 is 23.9 Å². The van der Waals surface area contributed by atoms with Gasteiger partial charge in [-0.3, -0.25) is 9.59 Å². The third kappa shape index (κ3) is 11.9. The van der Waals surface area contributed by atoms with Gasteiger partial charge >= 0.3 is 12.1 Å². The Hall–Kier alpha value is -4.66. The fraction of sp³-hybridized carbons (Fsp3) is 0.421. The van der Waals surface area contributed by atoms with Crippen molar-refractivity contribution in [3.05, 3.63) is 107 Å². The van der Waals surface area contributed by atoms with E-state index in [1.54, 1.807) is 54.5 Å². The lowest BCUT2D eigenvalue weighted by atomic mass is 9.98. The standard InChI is InChI=1S/C38H49N3O6/c1-9-41(34(43)30(24-27-18-12-10-13-19-27)40-36(45)47-38(6,7)8)32(29-22-16-17-26(2)23-29)33(42)39-31(35(44)46-37(3,4)5)25-28-20-14-11-15-21-28/h10-23,30-32H,9,24-25H2,1-8H3,(H,39,42)(H,40,45). The van der Waals surface area contributed by atoms with Crippen LogP contribution in [0.4, 0.5) is 4.79 Å². The summed E-state index contributed by atoms with van der Waals surface area (Å²) in [6.45, 7) is 14.3. The molecule has 0 spiro atoms. The topological polar surface area (TPSA) is 114 Å². The summed E-state index contributed by atoms with van der Waals surface area (Å²) in [7, 11) is 0. The van der Waals surface area contributed by atoms with Gasteiger partial charge in [0.15, 0.2) is 0 Å². The molecule has 3 amide bonds. The number of alkyl carbamates (subject to hydrolysis) is 1. The summed E-state index contributed by atoms with van der Waals surface area (Å²) in [4.78, 5) is 56.7. The van der Waals surface area contributed by atoms with E-state index in [4.69, 9.17) is 9.47 Å². The quantitative estimate of drug-likeness (QED) is 0.231. The number of nitrogens with zero attached hydrogens (tertiary/aromatic N) is 1. The van der Waals surface area contributed by atoms with Crippen LogP contribution >= 0.6 is 0 Å². The van der Waals surface area contributed by atoms with Crippen LogP contribution in [0.1, 0.15) is 76.8 Å². The Kier molecular flexibility index (Phi) is 12.7. The van der Waals surface area contributed by atoms with Crippen molar-refractivity contribution in [2.75, 3.05) is 6.54 Å². The van der Waals surface area contributed by atoms with E-state index in [0.717, 1.165) is 16.7 Å². The number of ether oxygens (including phenoxy) is 2. The third-order valence-electron chi connectivity index (χ3n) is 7.10. The summed E-state index contributed by atoms with van der Waals surface area (Å²) < 4.78 is 11.2. The van der Waals surface area contributed by atoms with Crippen LogP contribution in [-0.4, -0.2) is 58.6 Å². The first-order valence-corrected chi connectivity index (χ1v) is 16.0. The van der Waals surface area contributed by atoms with Gasteiger partial charge < -0.3 is 25.0 Å². The summed E-state index contributed by atoms with van der Waals surface area (Å²) in [5.41, 5.74) is 1.55. The third-order valence-corrected chi connectivity index (χ3v) is 7.10. The first-order chi connectivity index (χ1) is 22.1. The van der Waals surface area contributed by atoms with Gasteiger partial charge in [-0.1, -0.05) is 90.5 Å². The highest BCUT2D eigenvalue weighted by Crippen LogP contribution is 2.25. The van der Waals surface area contributed by atoms with Gasteiger partial charge in [-0.25, -0.2) is 9.59 Å². The molecule has 3 aromatic rings. The maximum absolute atomic E-state index is 14.5. The van der Waals surface area contributed by atoms with Crippen LogP contribution in [0.2, 0.25) is 0 Å². The van der Waals surface area contributed by atoms with Crippen LogP contribution in [-0.2, 0) is 36.7 Å². The second-order valence-corrected chi connectivity index (χ2v) is 13.6. The molecule has 0 saturated heterocycles. The van der Waals surface area contributed by atoms with E-state index in [9.17, 15) is 19.2 Å². The molecule has 0 bridgehead atoms. The minimum atomic E-state index is -1.12. The molecule has 3 rings (SSSR count). The number of benzene rings is 3. The normalized spacial score (nSPS) is 13.4. The van der Waals surface area contributed by atoms with E-state index >= 15 is 0 Å². The van der Waals surface area contributed by atoms with Gasteiger partial charge in [-0.2, -0.15) is 0 Å². The highest BCUT2D eigenvalue weighted by atomic mass is 16.6. The van der Waals surface area contributed by atoms with E-state index < -0.39 is 53.2 Å². The lowest BCUT2D eigenvalue weighted by molar-refractivity contribution is -0.159. The Morgan fingerprint density at radius 3 is 1.72 bits per heavy atom. The van der Waals surface area contributed by atoms with Gasteiger partial charge in [-0.15, -0.1) is 0 Å². The zero-order valence-corrected chi connectivity index (χ0v) is 28.8. The molecular formula is C38H49N3O6. The lowest BCUT2D eigenvalue weighted by Crippen LogP contribution is -2.55. The summed E-state index contributed by atoms with van der Waals surface area (Å²) in [6, 6.07) is 22.8. The van der Waals surface area contributed by atoms with Crippen molar-refractivity contribution in [1.82, 2.24) is 15.5 Å². The zero-order valence-electron chi connectivity index (χ0n) is 28.8. The second kappa shape index (κ2) is 16.3. The van der Waals surface area contributed by atoms with Gasteiger partial charge in [0.25, 0.3) is 0 Å². The van der Waals surface area contributed by atoms with Crippen LogP contribution in [0, 0.1) is 6.92 Å². The molecular weight excluding hydrogens is 594 g/mol. The SMILES string of the molecule is CCN(C(=O)C(Cc1ccccc1)NC(=O)OC(C)(C)C)C(C(=O)NC(Cc1ccccc1)C(=O)OC(C)(C)C)c1cccc(C)c1. The number of aryl methyl sites for hydroxylation is 1. The number of likely N-dealkylation sites (N-methyl/N-ethyl adjacent to an activating group) is 1. The van der Waals surface area contributed by atoms with Gasteiger partial charge in [0.2, 0.25) is 11.8 Å². The monoisotopic (exact) mass is 643 g/mol. The number of carbonyl (C=O) groups excluding carboxylic acids is 4. The fourth-order valence-corrected chi connectivity index (χ4v) is 5.15. The number of hydrogen-bond donors (Lipinski definition) is 2. The van der Waals surface area contributed by atoms with E-state index in [0.29, 0.717) is 5.56 Å². The molecule has 2 N–H and O–H groups in total. The molecule has 0 fully saturated rings. The number of nitrogens with one attached hydrogen (secondary N) is 2. The Bertz CT molecular complexity index is 1500. The highest BCUT2D eigenvalue weighted by molar-refractivity contribution is 5.94. The molecule has 3 atom stereocenters. The average Bonchev–Trinajstić information content (AvgIpc) is 2.98.